The van der Waals surface area contributed by atoms with Gasteiger partial charge < -0.3 is 5.73 Å². The third-order valence-corrected chi connectivity index (χ3v) is 2.48. The first-order chi connectivity index (χ1) is 8.63. The largest absolute Gasteiger partial charge is 0.325 e. The van der Waals surface area contributed by atoms with Crippen molar-refractivity contribution in [2.24, 2.45) is 5.73 Å². The van der Waals surface area contributed by atoms with Gasteiger partial charge in [-0.15, -0.1) is 0 Å². The maximum atomic E-state index is 13.5. The SMILES string of the molecule is NCc1cc(C(=O)c2cccc(F)c2F)ccn1. The predicted molar refractivity (Wildman–Crippen MR) is 61.9 cm³/mol. The van der Waals surface area contributed by atoms with Gasteiger partial charge in [0.25, 0.3) is 0 Å². The molecule has 3 nitrogen and oxygen atoms in total. The molecule has 18 heavy (non-hydrogen) atoms. The van der Waals surface area contributed by atoms with Crippen molar-refractivity contribution in [3.8, 4) is 0 Å². The van der Waals surface area contributed by atoms with E-state index >= 15 is 0 Å². The lowest BCUT2D eigenvalue weighted by Gasteiger charge is -2.04. The molecular formula is C13H10F2N2O. The van der Waals surface area contributed by atoms with E-state index in [2.05, 4.69) is 4.98 Å². The number of carbonyl (C=O) groups excluding carboxylic acids is 1. The Morgan fingerprint density at radius 2 is 2.06 bits per heavy atom. The van der Waals surface area contributed by atoms with Crippen LogP contribution in [0.1, 0.15) is 21.6 Å². The summed E-state index contributed by atoms with van der Waals surface area (Å²) in [5, 5.41) is 0. The van der Waals surface area contributed by atoms with Gasteiger partial charge in [0, 0.05) is 18.3 Å². The highest BCUT2D eigenvalue weighted by Crippen LogP contribution is 2.16. The zero-order valence-electron chi connectivity index (χ0n) is 9.36. The Kier molecular flexibility index (Phi) is 3.43. The minimum absolute atomic E-state index is 0.173. The second-order valence-corrected chi connectivity index (χ2v) is 3.67. The number of rotatable bonds is 3. The first-order valence-electron chi connectivity index (χ1n) is 5.27. The summed E-state index contributed by atoms with van der Waals surface area (Å²) < 4.78 is 26.5. The molecule has 0 bridgehead atoms. The van der Waals surface area contributed by atoms with Crippen molar-refractivity contribution in [2.75, 3.05) is 0 Å². The van der Waals surface area contributed by atoms with Gasteiger partial charge in [0.2, 0.25) is 0 Å². The Morgan fingerprint density at radius 3 is 2.78 bits per heavy atom. The van der Waals surface area contributed by atoms with Gasteiger partial charge in [-0.25, -0.2) is 8.78 Å². The average Bonchev–Trinajstić information content (AvgIpc) is 2.41. The minimum atomic E-state index is -1.14. The van der Waals surface area contributed by atoms with Crippen LogP contribution < -0.4 is 5.73 Å². The molecule has 0 aliphatic heterocycles. The Labute approximate surface area is 102 Å². The van der Waals surface area contributed by atoms with Crippen LogP contribution in [-0.2, 0) is 6.54 Å². The fraction of sp³-hybridized carbons (Fsp3) is 0.0769. The first kappa shape index (κ1) is 12.3. The van der Waals surface area contributed by atoms with E-state index in [0.717, 1.165) is 6.07 Å². The van der Waals surface area contributed by atoms with Crippen molar-refractivity contribution in [3.63, 3.8) is 0 Å². The zero-order chi connectivity index (χ0) is 13.1. The Balaban J connectivity index is 2.44. The van der Waals surface area contributed by atoms with Gasteiger partial charge in [-0.05, 0) is 24.3 Å². The number of hydrogen-bond donors (Lipinski definition) is 1. The fourth-order valence-corrected chi connectivity index (χ4v) is 1.57. The van der Waals surface area contributed by atoms with Crippen LogP contribution in [0.2, 0.25) is 0 Å². The van der Waals surface area contributed by atoms with E-state index in [9.17, 15) is 13.6 Å². The van der Waals surface area contributed by atoms with E-state index in [1.54, 1.807) is 0 Å². The molecule has 2 N–H and O–H groups in total. The van der Waals surface area contributed by atoms with Crippen LogP contribution in [0.3, 0.4) is 0 Å². The molecule has 0 atom stereocenters. The van der Waals surface area contributed by atoms with Crippen molar-refractivity contribution in [3.05, 3.63) is 65.0 Å². The molecule has 0 aliphatic carbocycles. The van der Waals surface area contributed by atoms with Gasteiger partial charge in [-0.1, -0.05) is 6.07 Å². The number of halogens is 2. The summed E-state index contributed by atoms with van der Waals surface area (Å²) >= 11 is 0. The molecule has 1 aromatic heterocycles. The highest BCUT2D eigenvalue weighted by Gasteiger charge is 2.16. The molecule has 0 fully saturated rings. The molecule has 92 valence electrons. The third kappa shape index (κ3) is 2.26. The summed E-state index contributed by atoms with van der Waals surface area (Å²) in [6, 6.07) is 6.39. The molecule has 0 amide bonds. The van der Waals surface area contributed by atoms with Crippen LogP contribution in [0.15, 0.2) is 36.5 Å². The van der Waals surface area contributed by atoms with Crippen molar-refractivity contribution >= 4 is 5.78 Å². The van der Waals surface area contributed by atoms with Crippen LogP contribution in [0, 0.1) is 11.6 Å². The second kappa shape index (κ2) is 5.01. The highest BCUT2D eigenvalue weighted by atomic mass is 19.2. The molecule has 0 saturated heterocycles. The summed E-state index contributed by atoms with van der Waals surface area (Å²) in [4.78, 5) is 15.9. The molecule has 0 unspecified atom stereocenters. The number of hydrogen-bond acceptors (Lipinski definition) is 3. The van der Waals surface area contributed by atoms with Gasteiger partial charge in [0.15, 0.2) is 17.4 Å². The molecule has 1 aromatic carbocycles. The summed E-state index contributed by atoms with van der Waals surface area (Å²) in [5.41, 5.74) is 5.85. The van der Waals surface area contributed by atoms with Crippen molar-refractivity contribution < 1.29 is 13.6 Å². The van der Waals surface area contributed by atoms with E-state index in [0.29, 0.717) is 5.69 Å². The number of ketones is 1. The molecule has 1 heterocycles. The smallest absolute Gasteiger partial charge is 0.196 e. The van der Waals surface area contributed by atoms with Gasteiger partial charge >= 0.3 is 0 Å². The van der Waals surface area contributed by atoms with E-state index in [1.807, 2.05) is 0 Å². The lowest BCUT2D eigenvalue weighted by Crippen LogP contribution is -2.08. The molecule has 0 aliphatic rings. The normalized spacial score (nSPS) is 10.4. The quantitative estimate of drug-likeness (QED) is 0.846. The minimum Gasteiger partial charge on any atom is -0.325 e. The summed E-state index contributed by atoms with van der Waals surface area (Å²) in [7, 11) is 0. The number of benzene rings is 1. The van der Waals surface area contributed by atoms with E-state index in [1.165, 1.54) is 30.5 Å². The standard InChI is InChI=1S/C13H10F2N2O/c14-11-3-1-2-10(12(11)15)13(18)8-4-5-17-9(6-8)7-16/h1-6H,7,16H2. The van der Waals surface area contributed by atoms with E-state index < -0.39 is 17.4 Å². The molecule has 2 aromatic rings. The van der Waals surface area contributed by atoms with Crippen LogP contribution in [0.4, 0.5) is 8.78 Å². The van der Waals surface area contributed by atoms with Crippen LogP contribution in [-0.4, -0.2) is 10.8 Å². The van der Waals surface area contributed by atoms with Gasteiger partial charge in [0.1, 0.15) is 0 Å². The van der Waals surface area contributed by atoms with Crippen LogP contribution in [0.25, 0.3) is 0 Å². The number of aromatic nitrogens is 1. The Morgan fingerprint density at radius 1 is 1.28 bits per heavy atom. The topological polar surface area (TPSA) is 56.0 Å². The van der Waals surface area contributed by atoms with Crippen molar-refractivity contribution in [1.29, 1.82) is 0 Å². The third-order valence-electron chi connectivity index (χ3n) is 2.48. The van der Waals surface area contributed by atoms with E-state index in [4.69, 9.17) is 5.73 Å². The monoisotopic (exact) mass is 248 g/mol. The number of pyridine rings is 1. The molecular weight excluding hydrogens is 238 g/mol. The maximum Gasteiger partial charge on any atom is 0.196 e. The molecule has 0 radical (unpaired) electrons. The lowest BCUT2D eigenvalue weighted by atomic mass is 10.0. The Hall–Kier alpha value is -2.14. The van der Waals surface area contributed by atoms with Crippen molar-refractivity contribution in [1.82, 2.24) is 4.98 Å². The molecule has 0 saturated carbocycles. The first-order valence-corrected chi connectivity index (χ1v) is 5.27. The van der Waals surface area contributed by atoms with Crippen LogP contribution in [0.5, 0.6) is 0 Å². The maximum absolute atomic E-state index is 13.5. The molecule has 5 heteroatoms. The fourth-order valence-electron chi connectivity index (χ4n) is 1.57. The van der Waals surface area contributed by atoms with Crippen LogP contribution >= 0.6 is 0 Å². The number of nitrogens with two attached hydrogens (primary N) is 1. The number of nitrogens with zero attached hydrogens (tertiary/aromatic N) is 1. The lowest BCUT2D eigenvalue weighted by molar-refractivity contribution is 0.103. The summed E-state index contributed by atoms with van der Waals surface area (Å²) in [5.74, 6) is -2.79. The van der Waals surface area contributed by atoms with Gasteiger partial charge in [0.05, 0.1) is 11.3 Å². The zero-order valence-corrected chi connectivity index (χ0v) is 9.36. The van der Waals surface area contributed by atoms with Gasteiger partial charge in [-0.3, -0.25) is 9.78 Å². The predicted octanol–water partition coefficient (Wildman–Crippen LogP) is 2.05. The molecule has 0 spiro atoms. The highest BCUT2D eigenvalue weighted by molar-refractivity contribution is 6.09. The summed E-state index contributed by atoms with van der Waals surface area (Å²) in [6.45, 7) is 0.173. The second-order valence-electron chi connectivity index (χ2n) is 3.67. The number of carbonyl (C=O) groups is 1. The Bertz CT molecular complexity index is 599. The van der Waals surface area contributed by atoms with E-state index in [-0.39, 0.29) is 17.7 Å². The summed E-state index contributed by atoms with van der Waals surface area (Å²) in [6.07, 6.45) is 1.41. The van der Waals surface area contributed by atoms with Gasteiger partial charge in [-0.2, -0.15) is 0 Å². The average molecular weight is 248 g/mol. The molecule has 2 rings (SSSR count). The van der Waals surface area contributed by atoms with Crippen molar-refractivity contribution in [2.45, 2.75) is 6.54 Å².